The van der Waals surface area contributed by atoms with Crippen molar-refractivity contribution < 1.29 is 19.1 Å². The third-order valence-corrected chi connectivity index (χ3v) is 9.77. The van der Waals surface area contributed by atoms with E-state index in [9.17, 15) is 20.0 Å². The van der Waals surface area contributed by atoms with Gasteiger partial charge in [-0.3, -0.25) is 24.8 Å². The van der Waals surface area contributed by atoms with Gasteiger partial charge in [0, 0.05) is 48.6 Å². The molecule has 0 aliphatic carbocycles. The van der Waals surface area contributed by atoms with E-state index in [0.29, 0.717) is 43.6 Å². The summed E-state index contributed by atoms with van der Waals surface area (Å²) in [6.07, 6.45) is 4.02. The Morgan fingerprint density at radius 2 is 1.88 bits per heavy atom. The Morgan fingerprint density at radius 3 is 2.50 bits per heavy atom. The number of aliphatic hydroxyl groups is 1. The first-order valence-electron chi connectivity index (χ1n) is 14.8. The minimum atomic E-state index is -1.41. The largest absolute Gasteiger partial charge is 0.384 e. The lowest BCUT2D eigenvalue weighted by atomic mass is 9.66. The molecule has 2 aliphatic heterocycles. The van der Waals surface area contributed by atoms with Crippen LogP contribution < -0.4 is 5.32 Å². The molecule has 1 aromatic heterocycles. The normalized spacial score (nSPS) is 23.0. The van der Waals surface area contributed by atoms with Crippen LogP contribution in [0.4, 0.5) is 4.39 Å². The number of pyridine rings is 1. The van der Waals surface area contributed by atoms with E-state index < -0.39 is 34.1 Å². The van der Waals surface area contributed by atoms with Crippen molar-refractivity contribution in [1.29, 1.82) is 5.26 Å². The van der Waals surface area contributed by atoms with Crippen LogP contribution in [0.3, 0.4) is 0 Å². The van der Waals surface area contributed by atoms with Gasteiger partial charge in [-0.1, -0.05) is 58.0 Å². The zero-order valence-corrected chi connectivity index (χ0v) is 24.8. The van der Waals surface area contributed by atoms with Gasteiger partial charge in [-0.05, 0) is 54.5 Å². The Labute approximate surface area is 246 Å². The summed E-state index contributed by atoms with van der Waals surface area (Å²) in [5.74, 6) is -1.80. The lowest BCUT2D eigenvalue weighted by Gasteiger charge is -2.50. The van der Waals surface area contributed by atoms with E-state index >= 15 is 4.39 Å². The molecule has 5 rings (SSSR count). The molecule has 7 nitrogen and oxygen atoms in total. The van der Waals surface area contributed by atoms with Crippen LogP contribution in [0.15, 0.2) is 48.7 Å². The van der Waals surface area contributed by atoms with Gasteiger partial charge in [0.1, 0.15) is 5.82 Å². The highest BCUT2D eigenvalue weighted by molar-refractivity contribution is 6.01. The van der Waals surface area contributed by atoms with Crippen LogP contribution >= 0.6 is 0 Å². The molecule has 3 aromatic rings. The van der Waals surface area contributed by atoms with Crippen LogP contribution in [0, 0.1) is 22.6 Å². The van der Waals surface area contributed by atoms with Crippen molar-refractivity contribution in [2.45, 2.75) is 83.3 Å². The molecular formula is C34H39FN4O3. The summed E-state index contributed by atoms with van der Waals surface area (Å²) in [7, 11) is 0. The predicted molar refractivity (Wildman–Crippen MR) is 159 cm³/mol. The van der Waals surface area contributed by atoms with Crippen molar-refractivity contribution in [1.82, 2.24) is 15.2 Å². The molecule has 3 heterocycles. The molecular weight excluding hydrogens is 531 g/mol. The lowest BCUT2D eigenvalue weighted by molar-refractivity contribution is -0.134. The van der Waals surface area contributed by atoms with Crippen LogP contribution in [0.5, 0.6) is 0 Å². The molecule has 0 unspecified atom stereocenters. The molecule has 2 aliphatic rings. The number of likely N-dealkylation sites (tertiary alicyclic amines) is 1. The summed E-state index contributed by atoms with van der Waals surface area (Å²) in [6, 6.07) is 15.8. The third-order valence-electron chi connectivity index (χ3n) is 9.77. The Bertz CT molecular complexity index is 1560. The van der Waals surface area contributed by atoms with Crippen molar-refractivity contribution in [3.8, 4) is 6.07 Å². The van der Waals surface area contributed by atoms with Crippen molar-refractivity contribution in [2.24, 2.45) is 5.41 Å². The van der Waals surface area contributed by atoms with Gasteiger partial charge in [0.25, 0.3) is 0 Å². The average molecular weight is 571 g/mol. The minimum Gasteiger partial charge on any atom is -0.384 e. The first-order chi connectivity index (χ1) is 20.0. The fourth-order valence-corrected chi connectivity index (χ4v) is 6.83. The van der Waals surface area contributed by atoms with E-state index in [1.54, 1.807) is 24.4 Å². The first-order valence-corrected chi connectivity index (χ1v) is 14.8. The van der Waals surface area contributed by atoms with Crippen LogP contribution in [0.1, 0.15) is 88.0 Å². The van der Waals surface area contributed by atoms with Crippen molar-refractivity contribution in [2.75, 3.05) is 13.1 Å². The maximum Gasteiger partial charge on any atom is 0.234 e. The number of amides is 2. The number of nitrogens with zero attached hydrogens (tertiary/aromatic N) is 3. The van der Waals surface area contributed by atoms with Gasteiger partial charge in [0.15, 0.2) is 0 Å². The SMILES string of the molecule is CCC(C#N)(CC)c1ccc(CN2CC[C@@](O)(c3ccc4ncc([C@@H]5CCC(=O)NC5=O)cc4c3F)C(C)(C)C2)cc1. The molecule has 220 valence electrons. The van der Waals surface area contributed by atoms with Gasteiger partial charge in [-0.15, -0.1) is 0 Å². The van der Waals surface area contributed by atoms with Gasteiger partial charge in [-0.25, -0.2) is 4.39 Å². The number of halogens is 1. The van der Waals surface area contributed by atoms with Crippen LogP contribution in [0.25, 0.3) is 10.9 Å². The van der Waals surface area contributed by atoms with E-state index in [4.69, 9.17) is 0 Å². The molecule has 2 atom stereocenters. The average Bonchev–Trinajstić information content (AvgIpc) is 2.97. The van der Waals surface area contributed by atoms with Crippen molar-refractivity contribution >= 4 is 22.7 Å². The number of carbonyl (C=O) groups excluding carboxylic acids is 2. The highest BCUT2D eigenvalue weighted by Crippen LogP contribution is 2.48. The van der Waals surface area contributed by atoms with Gasteiger partial charge >= 0.3 is 0 Å². The summed E-state index contributed by atoms with van der Waals surface area (Å²) in [6.45, 7) is 9.86. The molecule has 2 fully saturated rings. The maximum atomic E-state index is 16.2. The maximum absolute atomic E-state index is 16.2. The number of piperidine rings is 2. The molecule has 0 spiro atoms. The molecule has 8 heteroatoms. The number of imide groups is 1. The fraction of sp³-hybridized carbons (Fsp3) is 0.471. The zero-order valence-electron chi connectivity index (χ0n) is 24.8. The number of hydrogen-bond acceptors (Lipinski definition) is 6. The van der Waals surface area contributed by atoms with Crippen LogP contribution in [-0.2, 0) is 27.1 Å². The van der Waals surface area contributed by atoms with E-state index in [1.165, 1.54) is 0 Å². The molecule has 0 bridgehead atoms. The van der Waals surface area contributed by atoms with Crippen molar-refractivity contribution in [3.63, 3.8) is 0 Å². The summed E-state index contributed by atoms with van der Waals surface area (Å²) >= 11 is 0. The second-order valence-electron chi connectivity index (χ2n) is 12.6. The Balaban J connectivity index is 1.37. The summed E-state index contributed by atoms with van der Waals surface area (Å²) in [4.78, 5) is 30.7. The first kappa shape index (κ1) is 29.8. The van der Waals surface area contributed by atoms with E-state index in [0.717, 1.165) is 24.0 Å². The van der Waals surface area contributed by atoms with Crippen LogP contribution in [0.2, 0.25) is 0 Å². The van der Waals surface area contributed by atoms with Gasteiger partial charge in [-0.2, -0.15) is 5.26 Å². The summed E-state index contributed by atoms with van der Waals surface area (Å²) in [5, 5.41) is 24.5. The summed E-state index contributed by atoms with van der Waals surface area (Å²) in [5.41, 5.74) is 0.848. The summed E-state index contributed by atoms with van der Waals surface area (Å²) < 4.78 is 16.2. The molecule has 42 heavy (non-hydrogen) atoms. The third kappa shape index (κ3) is 5.10. The number of nitriles is 1. The van der Waals surface area contributed by atoms with Gasteiger partial charge in [0.2, 0.25) is 11.8 Å². The number of hydrogen-bond donors (Lipinski definition) is 2. The Hall–Kier alpha value is -3.67. The van der Waals surface area contributed by atoms with E-state index in [2.05, 4.69) is 45.5 Å². The molecule has 2 aromatic carbocycles. The van der Waals surface area contributed by atoms with Gasteiger partial charge in [0.05, 0.1) is 28.5 Å². The lowest BCUT2D eigenvalue weighted by Crippen LogP contribution is -2.55. The van der Waals surface area contributed by atoms with Gasteiger partial charge < -0.3 is 5.11 Å². The molecule has 0 saturated carbocycles. The smallest absolute Gasteiger partial charge is 0.234 e. The number of benzene rings is 2. The quantitative estimate of drug-likeness (QED) is 0.359. The Kier molecular flexibility index (Phi) is 7.95. The molecule has 0 radical (unpaired) electrons. The van der Waals surface area contributed by atoms with Crippen LogP contribution in [-0.4, -0.2) is 39.9 Å². The standard InChI is InChI=1S/C34H39FN4O3/c1-5-33(6-2,20-36)24-9-7-22(8-10-24)19-39-16-15-34(42,32(3,4)21-39)27-12-13-28-26(30(27)35)17-23(18-37-28)25-11-14-29(40)38-31(25)41/h7-10,12-13,17-18,25,42H,5-6,11,14-16,19,21H2,1-4H3,(H,38,40,41)/t25-,34+/m0/s1. The highest BCUT2D eigenvalue weighted by atomic mass is 19.1. The molecule has 2 amide bonds. The second kappa shape index (κ2) is 11.2. The molecule has 2 saturated heterocycles. The second-order valence-corrected chi connectivity index (χ2v) is 12.6. The number of aromatic nitrogens is 1. The van der Waals surface area contributed by atoms with E-state index in [-0.39, 0.29) is 23.3 Å². The predicted octanol–water partition coefficient (Wildman–Crippen LogP) is 5.60. The highest BCUT2D eigenvalue weighted by Gasteiger charge is 2.50. The van der Waals surface area contributed by atoms with E-state index in [1.807, 2.05) is 27.7 Å². The topological polar surface area (TPSA) is 106 Å². The number of carbonyl (C=O) groups is 2. The number of fused-ring (bicyclic) bond motifs is 1. The Morgan fingerprint density at radius 1 is 1.17 bits per heavy atom. The monoisotopic (exact) mass is 570 g/mol. The minimum absolute atomic E-state index is 0.226. The number of rotatable bonds is 7. The zero-order chi connectivity index (χ0) is 30.3. The fourth-order valence-electron chi connectivity index (χ4n) is 6.83. The number of nitrogens with one attached hydrogen (secondary N) is 1. The van der Waals surface area contributed by atoms with Crippen molar-refractivity contribution in [3.05, 3.63) is 76.7 Å². The molecule has 2 N–H and O–H groups in total.